The molecule has 3 aromatic heterocycles. The average Bonchev–Trinajstić information content (AvgIpc) is 3.69. The molecule has 0 aliphatic rings. The number of aromatic nitrogens is 5. The first-order chi connectivity index (χ1) is 18.7. The van der Waals surface area contributed by atoms with Crippen LogP contribution in [0.5, 0.6) is 5.75 Å². The van der Waals surface area contributed by atoms with Crippen LogP contribution < -0.4 is 5.43 Å². The number of rotatable bonds is 7. The predicted molar refractivity (Wildman–Crippen MR) is 151 cm³/mol. The summed E-state index contributed by atoms with van der Waals surface area (Å²) in [6, 6.07) is 27.0. The second-order valence-corrected chi connectivity index (χ2v) is 9.42. The lowest BCUT2D eigenvalue weighted by Gasteiger charge is -2.05. The largest absolute Gasteiger partial charge is 0.508 e. The quantitative estimate of drug-likeness (QED) is 0.191. The third-order valence-corrected chi connectivity index (χ3v) is 6.81. The molecule has 8 nitrogen and oxygen atoms in total. The van der Waals surface area contributed by atoms with Gasteiger partial charge in [-0.25, -0.2) is 14.3 Å². The van der Waals surface area contributed by atoms with Gasteiger partial charge in [-0.05, 0) is 55.5 Å². The van der Waals surface area contributed by atoms with Crippen molar-refractivity contribution < 1.29 is 5.11 Å². The molecule has 0 fully saturated rings. The van der Waals surface area contributed by atoms with Gasteiger partial charge in [-0.1, -0.05) is 36.4 Å². The van der Waals surface area contributed by atoms with E-state index in [9.17, 15) is 5.11 Å². The summed E-state index contributed by atoms with van der Waals surface area (Å²) in [5.74, 6) is 0.225. The Bertz CT molecular complexity index is 1700. The van der Waals surface area contributed by atoms with Crippen LogP contribution in [0.15, 0.2) is 108 Å². The number of aromatic hydroxyl groups is 1. The molecule has 38 heavy (non-hydrogen) atoms. The number of benzene rings is 3. The van der Waals surface area contributed by atoms with E-state index in [1.165, 1.54) is 11.3 Å². The van der Waals surface area contributed by atoms with Crippen molar-refractivity contribution in [3.63, 3.8) is 0 Å². The highest BCUT2D eigenvalue weighted by Crippen LogP contribution is 2.28. The topological polar surface area (TPSA) is 93.2 Å². The van der Waals surface area contributed by atoms with E-state index >= 15 is 0 Å². The van der Waals surface area contributed by atoms with E-state index in [-0.39, 0.29) is 5.75 Å². The zero-order valence-electron chi connectivity index (χ0n) is 20.4. The van der Waals surface area contributed by atoms with Gasteiger partial charge in [0.15, 0.2) is 0 Å². The first-order valence-electron chi connectivity index (χ1n) is 12.0. The summed E-state index contributed by atoms with van der Waals surface area (Å²) in [6.07, 6.45) is 5.55. The van der Waals surface area contributed by atoms with Gasteiger partial charge in [0.25, 0.3) is 0 Å². The van der Waals surface area contributed by atoms with Crippen LogP contribution in [0.25, 0.3) is 33.9 Å². The zero-order valence-corrected chi connectivity index (χ0v) is 21.2. The molecule has 6 rings (SSSR count). The summed E-state index contributed by atoms with van der Waals surface area (Å²) in [5.41, 5.74) is 10.2. The molecule has 3 heterocycles. The van der Waals surface area contributed by atoms with Gasteiger partial charge < -0.3 is 5.11 Å². The molecule has 0 radical (unpaired) electrons. The monoisotopic (exact) mass is 517 g/mol. The van der Waals surface area contributed by atoms with Gasteiger partial charge in [-0.15, -0.1) is 11.3 Å². The fraction of sp³-hybridized carbons (Fsp3) is 0.0345. The average molecular weight is 518 g/mol. The van der Waals surface area contributed by atoms with Gasteiger partial charge in [0.2, 0.25) is 5.13 Å². The Hall–Kier alpha value is -5.02. The summed E-state index contributed by atoms with van der Waals surface area (Å²) in [4.78, 5) is 4.60. The number of para-hydroxylation sites is 2. The van der Waals surface area contributed by atoms with Gasteiger partial charge in [-0.3, -0.25) is 5.43 Å². The van der Waals surface area contributed by atoms with E-state index in [0.29, 0.717) is 5.13 Å². The highest BCUT2D eigenvalue weighted by Gasteiger charge is 2.17. The van der Waals surface area contributed by atoms with Crippen molar-refractivity contribution in [2.75, 3.05) is 5.43 Å². The third-order valence-electron chi connectivity index (χ3n) is 6.06. The molecule has 0 saturated heterocycles. The molecule has 0 aliphatic heterocycles. The maximum atomic E-state index is 9.53. The highest BCUT2D eigenvalue weighted by molar-refractivity contribution is 7.14. The van der Waals surface area contributed by atoms with E-state index in [1.807, 2.05) is 107 Å². The Balaban J connectivity index is 1.31. The maximum absolute atomic E-state index is 9.53. The van der Waals surface area contributed by atoms with Gasteiger partial charge in [0.1, 0.15) is 11.4 Å². The van der Waals surface area contributed by atoms with Crippen molar-refractivity contribution in [3.8, 4) is 39.6 Å². The van der Waals surface area contributed by atoms with Gasteiger partial charge >= 0.3 is 0 Å². The first-order valence-corrected chi connectivity index (χ1v) is 12.8. The molecule has 3 aromatic carbocycles. The summed E-state index contributed by atoms with van der Waals surface area (Å²) in [6.45, 7) is 2.04. The molecule has 0 spiro atoms. The highest BCUT2D eigenvalue weighted by atomic mass is 32.1. The molecule has 0 atom stereocenters. The van der Waals surface area contributed by atoms with E-state index in [1.54, 1.807) is 18.3 Å². The molecular weight excluding hydrogens is 494 g/mol. The van der Waals surface area contributed by atoms with Crippen LogP contribution in [0.1, 0.15) is 11.3 Å². The normalized spacial score (nSPS) is 11.3. The van der Waals surface area contributed by atoms with Crippen LogP contribution in [0.2, 0.25) is 0 Å². The third kappa shape index (κ3) is 4.70. The van der Waals surface area contributed by atoms with E-state index < -0.39 is 0 Å². The molecule has 6 aromatic rings. The number of phenols is 1. The molecule has 0 amide bonds. The first kappa shape index (κ1) is 23.4. The number of thiazole rings is 1. The fourth-order valence-corrected chi connectivity index (χ4v) is 4.79. The minimum Gasteiger partial charge on any atom is -0.508 e. The number of hydrogen-bond donors (Lipinski definition) is 2. The molecule has 0 aliphatic carbocycles. The van der Waals surface area contributed by atoms with E-state index in [4.69, 9.17) is 5.10 Å². The van der Waals surface area contributed by atoms with Crippen LogP contribution in [-0.2, 0) is 0 Å². The van der Waals surface area contributed by atoms with Crippen LogP contribution in [0.3, 0.4) is 0 Å². The number of nitrogens with one attached hydrogen (secondary N) is 1. The van der Waals surface area contributed by atoms with Crippen LogP contribution in [0.4, 0.5) is 5.13 Å². The summed E-state index contributed by atoms with van der Waals surface area (Å²) < 4.78 is 3.76. The molecule has 0 bridgehead atoms. The minimum atomic E-state index is 0.225. The lowest BCUT2D eigenvalue weighted by atomic mass is 10.1. The minimum absolute atomic E-state index is 0.225. The predicted octanol–water partition coefficient (Wildman–Crippen LogP) is 6.31. The van der Waals surface area contributed by atoms with Crippen LogP contribution in [0, 0.1) is 6.92 Å². The Kier molecular flexibility index (Phi) is 6.25. The van der Waals surface area contributed by atoms with E-state index in [0.717, 1.165) is 45.1 Å². The zero-order chi connectivity index (χ0) is 25.9. The number of anilines is 1. The Morgan fingerprint density at radius 1 is 0.921 bits per heavy atom. The lowest BCUT2D eigenvalue weighted by Crippen LogP contribution is -1.99. The molecule has 2 N–H and O–H groups in total. The van der Waals surface area contributed by atoms with Crippen LogP contribution in [-0.4, -0.2) is 35.9 Å². The summed E-state index contributed by atoms with van der Waals surface area (Å²) >= 11 is 1.46. The van der Waals surface area contributed by atoms with Crippen molar-refractivity contribution in [3.05, 3.63) is 114 Å². The molecule has 0 saturated carbocycles. The van der Waals surface area contributed by atoms with Crippen LogP contribution >= 0.6 is 11.3 Å². The lowest BCUT2D eigenvalue weighted by molar-refractivity contribution is 0.475. The van der Waals surface area contributed by atoms with Gasteiger partial charge in [0, 0.05) is 28.3 Å². The Labute approximate surface area is 223 Å². The second kappa shape index (κ2) is 10.2. The van der Waals surface area contributed by atoms with E-state index in [2.05, 4.69) is 20.6 Å². The van der Waals surface area contributed by atoms with Crippen molar-refractivity contribution in [2.45, 2.75) is 6.92 Å². The summed E-state index contributed by atoms with van der Waals surface area (Å²) in [5, 5.41) is 26.2. The Morgan fingerprint density at radius 2 is 1.63 bits per heavy atom. The Morgan fingerprint density at radius 3 is 2.37 bits per heavy atom. The number of phenolic OH excluding ortho intramolecular Hbond substituents is 1. The van der Waals surface area contributed by atoms with Crippen molar-refractivity contribution >= 4 is 22.7 Å². The van der Waals surface area contributed by atoms with Crippen molar-refractivity contribution in [1.82, 2.24) is 24.5 Å². The smallest absolute Gasteiger partial charge is 0.203 e. The summed E-state index contributed by atoms with van der Waals surface area (Å²) in [7, 11) is 0. The second-order valence-electron chi connectivity index (χ2n) is 8.56. The maximum Gasteiger partial charge on any atom is 0.203 e. The number of nitrogens with zero attached hydrogens (tertiary/aromatic N) is 6. The molecule has 186 valence electrons. The molecular formula is C29H23N7OS. The number of hydrazone groups is 1. The molecule has 9 heteroatoms. The van der Waals surface area contributed by atoms with Gasteiger partial charge in [-0.2, -0.15) is 15.3 Å². The van der Waals surface area contributed by atoms with Gasteiger partial charge in [0.05, 0.1) is 35.2 Å². The van der Waals surface area contributed by atoms with Crippen molar-refractivity contribution in [1.29, 1.82) is 0 Å². The van der Waals surface area contributed by atoms with Crippen molar-refractivity contribution in [2.24, 2.45) is 5.10 Å². The number of hydrogen-bond acceptors (Lipinski definition) is 7. The fourth-order valence-electron chi connectivity index (χ4n) is 4.12. The standard InChI is InChI=1S/C29H23N7OS/c1-20-26(17-31-36(20)24-10-6-3-7-11-24)28-22(18-35(34-28)23-8-4-2-5-9-23)16-30-33-29-32-27(19-38-29)21-12-14-25(37)15-13-21/h2-19,37H,1H3,(H,32,33)/b30-16+. The molecule has 0 unspecified atom stereocenters. The SMILES string of the molecule is Cc1c(-c2nn(-c3ccccc3)cc2/C=N/Nc2nc(-c3ccc(O)cc3)cs2)cnn1-c1ccccc1.